The van der Waals surface area contributed by atoms with Gasteiger partial charge in [0, 0.05) is 29.8 Å². The van der Waals surface area contributed by atoms with Gasteiger partial charge < -0.3 is 14.4 Å². The highest BCUT2D eigenvalue weighted by molar-refractivity contribution is 6.31. The lowest BCUT2D eigenvalue weighted by atomic mass is 9.55. The smallest absolute Gasteiger partial charge is 0.316 e. The summed E-state index contributed by atoms with van der Waals surface area (Å²) in [5.74, 6) is -2.50. The van der Waals surface area contributed by atoms with Gasteiger partial charge in [0.2, 0.25) is 17.7 Å². The summed E-state index contributed by atoms with van der Waals surface area (Å²) >= 11 is 6.15. The van der Waals surface area contributed by atoms with Crippen LogP contribution >= 0.6 is 11.6 Å². The maximum atomic E-state index is 14.0. The number of hydrogen-bond acceptors (Lipinski definition) is 6. The highest BCUT2D eigenvalue weighted by Gasteiger charge is 2.61. The van der Waals surface area contributed by atoms with E-state index in [2.05, 4.69) is 24.3 Å². The fraction of sp³-hybridized carbons (Fsp3) is 0.222. The number of anilines is 2. The predicted molar refractivity (Wildman–Crippen MR) is 167 cm³/mol. The molecule has 3 atom stereocenters. The van der Waals surface area contributed by atoms with Crippen LogP contribution in [-0.2, 0) is 19.2 Å². The van der Waals surface area contributed by atoms with Crippen molar-refractivity contribution in [2.75, 3.05) is 23.5 Å². The molecule has 2 bridgehead atoms. The Balaban J connectivity index is 1.01. The molecule has 2 saturated heterocycles. The van der Waals surface area contributed by atoms with Gasteiger partial charge in [0.15, 0.2) is 0 Å². The molecule has 45 heavy (non-hydrogen) atoms. The zero-order chi connectivity index (χ0) is 31.0. The molecule has 2 aliphatic heterocycles. The van der Waals surface area contributed by atoms with E-state index in [1.807, 2.05) is 24.3 Å². The van der Waals surface area contributed by atoms with Crippen molar-refractivity contribution in [3.8, 4) is 11.5 Å². The van der Waals surface area contributed by atoms with E-state index in [-0.39, 0.29) is 48.3 Å². The van der Waals surface area contributed by atoms with Gasteiger partial charge in [0.1, 0.15) is 11.5 Å². The molecule has 9 heteroatoms. The molecular weight excluding hydrogens is 592 g/mol. The van der Waals surface area contributed by atoms with Gasteiger partial charge in [0.25, 0.3) is 0 Å². The third kappa shape index (κ3) is 4.12. The fourth-order valence-electron chi connectivity index (χ4n) is 7.77. The second kappa shape index (κ2) is 10.3. The van der Waals surface area contributed by atoms with Crippen molar-refractivity contribution >= 4 is 46.7 Å². The van der Waals surface area contributed by atoms with Crippen molar-refractivity contribution in [2.45, 2.75) is 18.3 Å². The zero-order valence-corrected chi connectivity index (χ0v) is 24.9. The Morgan fingerprint density at radius 2 is 1.33 bits per heavy atom. The van der Waals surface area contributed by atoms with Gasteiger partial charge >= 0.3 is 5.97 Å². The van der Waals surface area contributed by atoms with Crippen molar-refractivity contribution in [1.82, 2.24) is 0 Å². The average molecular weight is 619 g/mol. The molecule has 0 N–H and O–H groups in total. The highest BCUT2D eigenvalue weighted by Crippen LogP contribution is 2.61. The molecule has 0 radical (unpaired) electrons. The molecule has 0 saturated carbocycles. The number of carbonyl (C=O) groups is 4. The van der Waals surface area contributed by atoms with Crippen molar-refractivity contribution in [1.29, 1.82) is 0 Å². The van der Waals surface area contributed by atoms with Gasteiger partial charge in [-0.3, -0.25) is 19.2 Å². The van der Waals surface area contributed by atoms with Crippen LogP contribution in [-0.4, -0.2) is 37.3 Å². The quantitative estimate of drug-likeness (QED) is 0.162. The minimum Gasteiger partial charge on any atom is -0.495 e. The number of rotatable bonds is 5. The molecule has 2 fully saturated rings. The molecule has 3 aliphatic carbocycles. The van der Waals surface area contributed by atoms with Crippen molar-refractivity contribution in [3.05, 3.63) is 118 Å². The molecule has 3 amide bonds. The van der Waals surface area contributed by atoms with E-state index >= 15 is 0 Å². The lowest BCUT2D eigenvalue weighted by molar-refractivity contribution is -0.139. The van der Waals surface area contributed by atoms with Crippen LogP contribution in [0.25, 0.3) is 0 Å². The summed E-state index contributed by atoms with van der Waals surface area (Å²) in [5.41, 5.74) is 5.39. The van der Waals surface area contributed by atoms with Crippen LogP contribution in [0.15, 0.2) is 91.0 Å². The largest absolute Gasteiger partial charge is 0.495 e. The molecule has 224 valence electrons. The van der Waals surface area contributed by atoms with Crippen molar-refractivity contribution in [2.24, 2.45) is 17.8 Å². The summed E-state index contributed by atoms with van der Waals surface area (Å²) in [7, 11) is 1.50. The molecule has 2 heterocycles. The Morgan fingerprint density at radius 1 is 0.778 bits per heavy atom. The molecule has 5 aliphatic rings. The molecule has 4 aromatic rings. The monoisotopic (exact) mass is 618 g/mol. The average Bonchev–Trinajstić information content (AvgIpc) is 3.58. The van der Waals surface area contributed by atoms with Crippen molar-refractivity contribution < 1.29 is 28.7 Å². The number of amides is 3. The highest BCUT2D eigenvalue weighted by atomic mass is 35.5. The lowest BCUT2D eigenvalue weighted by Crippen LogP contribution is -2.41. The van der Waals surface area contributed by atoms with Gasteiger partial charge in [-0.2, -0.15) is 0 Å². The summed E-state index contributed by atoms with van der Waals surface area (Å²) in [6.45, 7) is 0.124. The van der Waals surface area contributed by atoms with E-state index < -0.39 is 23.7 Å². The second-order valence-corrected chi connectivity index (χ2v) is 12.3. The van der Waals surface area contributed by atoms with E-state index in [9.17, 15) is 19.2 Å². The Hall–Kier alpha value is -4.95. The van der Waals surface area contributed by atoms with Crippen LogP contribution < -0.4 is 19.3 Å². The van der Waals surface area contributed by atoms with Crippen LogP contribution in [0.2, 0.25) is 5.02 Å². The molecule has 9 rings (SSSR count). The SMILES string of the molecule is COc1ccc(Cl)cc1N1C[C@H](C(=O)Oc2ccc(N3C(=O)[C@H]4C5c6ccccc6C(c6ccccc65)[C@@H]4C3=O)cc2)CC1=O. The van der Waals surface area contributed by atoms with Crippen LogP contribution in [0.5, 0.6) is 11.5 Å². The minimum absolute atomic E-state index is 0.0146. The fourth-order valence-corrected chi connectivity index (χ4v) is 7.93. The Bertz CT molecular complexity index is 1810. The molecule has 8 nitrogen and oxygen atoms in total. The summed E-state index contributed by atoms with van der Waals surface area (Å²) in [6, 6.07) is 27.6. The number of hydrogen-bond donors (Lipinski definition) is 0. The van der Waals surface area contributed by atoms with Crippen LogP contribution in [0.1, 0.15) is 40.5 Å². The lowest BCUT2D eigenvalue weighted by Gasteiger charge is -2.45. The normalized spacial score (nSPS) is 24.4. The summed E-state index contributed by atoms with van der Waals surface area (Å²) in [4.78, 5) is 56.7. The minimum atomic E-state index is -0.690. The number of halogens is 1. The Morgan fingerprint density at radius 3 is 1.87 bits per heavy atom. The van der Waals surface area contributed by atoms with Gasteiger partial charge in [0.05, 0.1) is 36.2 Å². The zero-order valence-electron chi connectivity index (χ0n) is 24.2. The third-order valence-corrected chi connectivity index (χ3v) is 9.89. The first-order valence-corrected chi connectivity index (χ1v) is 15.2. The molecule has 0 spiro atoms. The summed E-state index contributed by atoms with van der Waals surface area (Å²) in [5, 5.41) is 0.445. The van der Waals surface area contributed by atoms with E-state index in [1.165, 1.54) is 16.9 Å². The van der Waals surface area contributed by atoms with Crippen LogP contribution in [0, 0.1) is 17.8 Å². The number of benzene rings is 4. The van der Waals surface area contributed by atoms with Gasteiger partial charge in [-0.15, -0.1) is 0 Å². The summed E-state index contributed by atoms with van der Waals surface area (Å²) in [6.07, 6.45) is -0.0146. The first-order chi connectivity index (χ1) is 21.9. The number of ether oxygens (including phenoxy) is 2. The van der Waals surface area contributed by atoms with Gasteiger partial charge in [-0.05, 0) is 64.7 Å². The molecular formula is C36H27ClN2O6. The third-order valence-electron chi connectivity index (χ3n) is 9.65. The maximum absolute atomic E-state index is 14.0. The second-order valence-electron chi connectivity index (χ2n) is 11.9. The van der Waals surface area contributed by atoms with E-state index in [0.717, 1.165) is 22.3 Å². The number of esters is 1. The number of imide groups is 1. The van der Waals surface area contributed by atoms with E-state index in [0.29, 0.717) is 22.1 Å². The summed E-state index contributed by atoms with van der Waals surface area (Å²) < 4.78 is 11.0. The molecule has 4 aromatic carbocycles. The maximum Gasteiger partial charge on any atom is 0.316 e. The topological polar surface area (TPSA) is 93.2 Å². The van der Waals surface area contributed by atoms with Crippen molar-refractivity contribution in [3.63, 3.8) is 0 Å². The number of methoxy groups -OCH3 is 1. The van der Waals surface area contributed by atoms with Crippen LogP contribution in [0.4, 0.5) is 11.4 Å². The van der Waals surface area contributed by atoms with E-state index in [1.54, 1.807) is 42.5 Å². The number of nitrogens with zero attached hydrogens (tertiary/aromatic N) is 2. The van der Waals surface area contributed by atoms with Crippen LogP contribution in [0.3, 0.4) is 0 Å². The number of carbonyl (C=O) groups excluding carboxylic acids is 4. The first-order valence-electron chi connectivity index (χ1n) is 14.9. The van der Waals surface area contributed by atoms with Gasteiger partial charge in [-0.25, -0.2) is 4.90 Å². The standard InChI is InChI=1S/C36H27ClN2O6/c1-44-28-15-10-20(37)17-27(28)38-18-19(16-29(38)40)36(43)45-22-13-11-21(12-14-22)39-34(41)32-30-23-6-2-3-7-24(23)31(33(32)35(39)42)26-9-5-4-8-25(26)30/h2-15,17,19,30-33H,16,18H2,1H3/t19-,30?,31?,32+,33+/m1/s1. The van der Waals surface area contributed by atoms with E-state index in [4.69, 9.17) is 21.1 Å². The first kappa shape index (κ1) is 27.6. The Labute approximate surface area is 264 Å². The predicted octanol–water partition coefficient (Wildman–Crippen LogP) is 5.70. The van der Waals surface area contributed by atoms with Gasteiger partial charge in [-0.1, -0.05) is 60.1 Å². The Kier molecular flexibility index (Phi) is 6.32. The molecule has 0 unspecified atom stereocenters. The molecule has 0 aromatic heterocycles.